The number of anilines is 1. The van der Waals surface area contributed by atoms with Crippen LogP contribution in [-0.4, -0.2) is 12.1 Å². The van der Waals surface area contributed by atoms with E-state index in [1.165, 1.54) is 12.1 Å². The Morgan fingerprint density at radius 2 is 1.89 bits per heavy atom. The van der Waals surface area contributed by atoms with Crippen molar-refractivity contribution in [1.29, 1.82) is 0 Å². The van der Waals surface area contributed by atoms with Crippen LogP contribution in [0.1, 0.15) is 25.8 Å². The topological polar surface area (TPSA) is 38.0 Å². The van der Waals surface area contributed by atoms with Crippen LogP contribution in [0.25, 0.3) is 0 Å². The fourth-order valence-electron chi connectivity index (χ4n) is 2.25. The third-order valence-electron chi connectivity index (χ3n) is 3.91. The molecule has 1 aromatic rings. The van der Waals surface area contributed by atoms with E-state index >= 15 is 0 Å². The van der Waals surface area contributed by atoms with Crippen LogP contribution in [0, 0.1) is 5.41 Å². The molecule has 100 valence electrons. The number of alkyl halides is 3. The first kappa shape index (κ1) is 13.2. The third kappa shape index (κ3) is 2.19. The minimum atomic E-state index is -4.33. The third-order valence-corrected chi connectivity index (χ3v) is 3.91. The highest BCUT2D eigenvalue weighted by atomic mass is 19.4. The molecule has 0 radical (unpaired) electrons. The van der Waals surface area contributed by atoms with Crippen LogP contribution >= 0.6 is 0 Å². The predicted octanol–water partition coefficient (Wildman–Crippen LogP) is 3.24. The van der Waals surface area contributed by atoms with E-state index in [9.17, 15) is 13.2 Å². The summed E-state index contributed by atoms with van der Waals surface area (Å²) in [6.07, 6.45) is -3.64. The number of hydrogen-bond acceptors (Lipinski definition) is 2. The van der Waals surface area contributed by atoms with Crippen LogP contribution in [0.5, 0.6) is 0 Å². The highest BCUT2D eigenvalue weighted by molar-refractivity contribution is 5.54. The second-order valence-corrected chi connectivity index (χ2v) is 5.40. The van der Waals surface area contributed by atoms with Crippen molar-refractivity contribution in [2.45, 2.75) is 38.5 Å². The zero-order valence-corrected chi connectivity index (χ0v) is 10.4. The van der Waals surface area contributed by atoms with Crippen LogP contribution in [0.2, 0.25) is 0 Å². The van der Waals surface area contributed by atoms with Gasteiger partial charge in [0.05, 0.1) is 5.56 Å². The quantitative estimate of drug-likeness (QED) is 0.854. The lowest BCUT2D eigenvalue weighted by Gasteiger charge is -2.51. The Labute approximate surface area is 104 Å². The number of nitrogens with two attached hydrogens (primary N) is 1. The molecule has 0 bridgehead atoms. The van der Waals surface area contributed by atoms with Gasteiger partial charge in [-0.2, -0.15) is 13.2 Å². The minimum Gasteiger partial charge on any atom is -0.381 e. The molecular weight excluding hydrogens is 241 g/mol. The summed E-state index contributed by atoms with van der Waals surface area (Å²) in [7, 11) is 0. The maximum Gasteiger partial charge on any atom is 0.418 e. The molecule has 1 aromatic carbocycles. The molecule has 0 heterocycles. The van der Waals surface area contributed by atoms with E-state index < -0.39 is 11.7 Å². The molecule has 1 saturated carbocycles. The molecule has 1 aliphatic rings. The Hall–Kier alpha value is -1.23. The predicted molar refractivity (Wildman–Crippen MR) is 65.2 cm³/mol. The fraction of sp³-hybridized carbons (Fsp3) is 0.538. The Morgan fingerprint density at radius 1 is 1.28 bits per heavy atom. The van der Waals surface area contributed by atoms with Crippen molar-refractivity contribution in [2.75, 3.05) is 5.32 Å². The lowest BCUT2D eigenvalue weighted by molar-refractivity contribution is -0.137. The van der Waals surface area contributed by atoms with Gasteiger partial charge in [0.1, 0.15) is 0 Å². The zero-order chi connectivity index (χ0) is 13.6. The molecule has 0 aliphatic heterocycles. The van der Waals surface area contributed by atoms with Crippen molar-refractivity contribution in [2.24, 2.45) is 11.1 Å². The van der Waals surface area contributed by atoms with E-state index in [1.807, 2.05) is 13.8 Å². The van der Waals surface area contributed by atoms with Gasteiger partial charge in [0.15, 0.2) is 0 Å². The summed E-state index contributed by atoms with van der Waals surface area (Å²) >= 11 is 0. The standard InChI is InChI=1S/C13H17F3N2/c1-12(2)10(17)7-11(12)18-9-6-4-3-5-8(9)13(14,15)16/h3-6,10-11,18H,7,17H2,1-2H3. The average Bonchev–Trinajstić information content (AvgIpc) is 2.28. The maximum absolute atomic E-state index is 12.8. The van der Waals surface area contributed by atoms with Gasteiger partial charge in [-0.25, -0.2) is 0 Å². The summed E-state index contributed by atoms with van der Waals surface area (Å²) in [5, 5.41) is 2.97. The average molecular weight is 258 g/mol. The van der Waals surface area contributed by atoms with Gasteiger partial charge in [-0.1, -0.05) is 26.0 Å². The molecule has 0 saturated heterocycles. The number of benzene rings is 1. The van der Waals surface area contributed by atoms with E-state index in [0.29, 0.717) is 6.42 Å². The highest BCUT2D eigenvalue weighted by Gasteiger charge is 2.46. The molecule has 2 unspecified atom stereocenters. The summed E-state index contributed by atoms with van der Waals surface area (Å²) in [5.41, 5.74) is 5.19. The van der Waals surface area contributed by atoms with Gasteiger partial charge in [-0.3, -0.25) is 0 Å². The molecule has 2 nitrogen and oxygen atoms in total. The van der Waals surface area contributed by atoms with Gasteiger partial charge in [0.2, 0.25) is 0 Å². The monoisotopic (exact) mass is 258 g/mol. The molecular formula is C13H17F3N2. The van der Waals surface area contributed by atoms with Crippen molar-refractivity contribution >= 4 is 5.69 Å². The first-order chi connectivity index (χ1) is 8.23. The lowest BCUT2D eigenvalue weighted by atomic mass is 9.63. The van der Waals surface area contributed by atoms with Crippen LogP contribution in [0.3, 0.4) is 0 Å². The lowest BCUT2D eigenvalue weighted by Crippen LogP contribution is -2.61. The highest BCUT2D eigenvalue weighted by Crippen LogP contribution is 2.43. The number of para-hydroxylation sites is 1. The molecule has 5 heteroatoms. The van der Waals surface area contributed by atoms with E-state index in [0.717, 1.165) is 6.07 Å². The van der Waals surface area contributed by atoms with Gasteiger partial charge >= 0.3 is 6.18 Å². The van der Waals surface area contributed by atoms with Gasteiger partial charge in [-0.05, 0) is 18.6 Å². The molecule has 2 rings (SSSR count). The first-order valence-electron chi connectivity index (χ1n) is 5.91. The SMILES string of the molecule is CC1(C)C(N)CC1Nc1ccccc1C(F)(F)F. The van der Waals surface area contributed by atoms with Crippen LogP contribution in [-0.2, 0) is 6.18 Å². The van der Waals surface area contributed by atoms with Crippen molar-refractivity contribution < 1.29 is 13.2 Å². The fourth-order valence-corrected chi connectivity index (χ4v) is 2.25. The van der Waals surface area contributed by atoms with Gasteiger partial charge in [-0.15, -0.1) is 0 Å². The summed E-state index contributed by atoms with van der Waals surface area (Å²) in [6, 6.07) is 5.56. The normalized spacial score (nSPS) is 26.6. The molecule has 1 aliphatic carbocycles. The van der Waals surface area contributed by atoms with Crippen LogP contribution < -0.4 is 11.1 Å². The number of rotatable bonds is 2. The van der Waals surface area contributed by atoms with Gasteiger partial charge < -0.3 is 11.1 Å². The second kappa shape index (κ2) is 4.16. The summed E-state index contributed by atoms with van der Waals surface area (Å²) in [6.45, 7) is 3.93. The molecule has 18 heavy (non-hydrogen) atoms. The second-order valence-electron chi connectivity index (χ2n) is 5.40. The first-order valence-corrected chi connectivity index (χ1v) is 5.91. The van der Waals surface area contributed by atoms with Crippen LogP contribution in [0.4, 0.5) is 18.9 Å². The Morgan fingerprint density at radius 3 is 2.39 bits per heavy atom. The smallest absolute Gasteiger partial charge is 0.381 e. The van der Waals surface area contributed by atoms with Crippen molar-refractivity contribution in [1.82, 2.24) is 0 Å². The molecule has 1 fully saturated rings. The Balaban J connectivity index is 2.21. The molecule has 0 spiro atoms. The number of nitrogens with one attached hydrogen (secondary N) is 1. The maximum atomic E-state index is 12.8. The van der Waals surface area contributed by atoms with Crippen LogP contribution in [0.15, 0.2) is 24.3 Å². The van der Waals surface area contributed by atoms with E-state index in [4.69, 9.17) is 5.73 Å². The molecule has 0 aromatic heterocycles. The van der Waals surface area contributed by atoms with Crippen molar-refractivity contribution in [3.8, 4) is 0 Å². The number of hydrogen-bond donors (Lipinski definition) is 2. The van der Waals surface area contributed by atoms with E-state index in [2.05, 4.69) is 5.32 Å². The Kier molecular flexibility index (Phi) is 3.05. The van der Waals surface area contributed by atoms with Gasteiger partial charge in [0.25, 0.3) is 0 Å². The summed E-state index contributed by atoms with van der Waals surface area (Å²) < 4.78 is 38.5. The van der Waals surface area contributed by atoms with E-state index in [1.54, 1.807) is 6.07 Å². The minimum absolute atomic E-state index is 0.0176. The van der Waals surface area contributed by atoms with Gasteiger partial charge in [0, 0.05) is 23.2 Å². The number of halogens is 3. The van der Waals surface area contributed by atoms with Crippen molar-refractivity contribution in [3.63, 3.8) is 0 Å². The molecule has 0 amide bonds. The Bertz CT molecular complexity index is 440. The summed E-state index contributed by atoms with van der Waals surface area (Å²) in [4.78, 5) is 0. The van der Waals surface area contributed by atoms with E-state index in [-0.39, 0.29) is 23.2 Å². The molecule has 2 atom stereocenters. The largest absolute Gasteiger partial charge is 0.418 e. The molecule has 3 N–H and O–H groups in total. The summed E-state index contributed by atoms with van der Waals surface area (Å²) in [5.74, 6) is 0. The van der Waals surface area contributed by atoms with Crippen molar-refractivity contribution in [3.05, 3.63) is 29.8 Å². The zero-order valence-electron chi connectivity index (χ0n) is 10.4.